The van der Waals surface area contributed by atoms with Crippen LogP contribution in [-0.2, 0) is 20.9 Å². The van der Waals surface area contributed by atoms with Crippen molar-refractivity contribution in [2.24, 2.45) is 5.92 Å². The molecule has 2 atom stereocenters. The Balaban J connectivity index is 1.23. The van der Waals surface area contributed by atoms with E-state index < -0.39 is 18.6 Å². The van der Waals surface area contributed by atoms with Crippen molar-refractivity contribution < 1.29 is 37.4 Å². The molecule has 2 amide bonds. The number of halogens is 2. The van der Waals surface area contributed by atoms with Gasteiger partial charge >= 0.3 is 12.6 Å². The molecule has 9 nitrogen and oxygen atoms in total. The van der Waals surface area contributed by atoms with Crippen LogP contribution in [0.2, 0.25) is 0 Å². The maximum Gasteiger partial charge on any atom is 0.387 e. The molecule has 0 N–H and O–H groups in total. The predicted molar refractivity (Wildman–Crippen MR) is 153 cm³/mol. The molecule has 1 aromatic heterocycles. The van der Waals surface area contributed by atoms with Crippen molar-refractivity contribution >= 4 is 17.8 Å². The molecule has 2 saturated carbocycles. The number of aromatic nitrogens is 1. The number of rotatable bonds is 11. The number of hydrogen-bond acceptors (Lipinski definition) is 7. The quantitative estimate of drug-likeness (QED) is 0.322. The first-order valence-corrected chi connectivity index (χ1v) is 15.1. The minimum atomic E-state index is -2.99. The Kier molecular flexibility index (Phi) is 9.77. The molecule has 3 fully saturated rings. The number of benzene rings is 1. The summed E-state index contributed by atoms with van der Waals surface area (Å²) in [5, 5.41) is 0. The third-order valence-electron chi connectivity index (χ3n) is 8.64. The molecule has 1 aliphatic heterocycles. The molecular formula is C32H39F2N3O6. The van der Waals surface area contributed by atoms with E-state index in [0.717, 1.165) is 44.1 Å². The number of carbonyl (C=O) groups is 3. The van der Waals surface area contributed by atoms with Gasteiger partial charge in [0.25, 0.3) is 5.91 Å². The van der Waals surface area contributed by atoms with Gasteiger partial charge in [-0.1, -0.05) is 31.4 Å². The van der Waals surface area contributed by atoms with Crippen molar-refractivity contribution in [2.75, 3.05) is 20.2 Å². The smallest absolute Gasteiger partial charge is 0.387 e. The predicted octanol–water partition coefficient (Wildman–Crippen LogP) is 5.32. The summed E-state index contributed by atoms with van der Waals surface area (Å²) in [4.78, 5) is 46.4. The minimum absolute atomic E-state index is 0.0464. The van der Waals surface area contributed by atoms with Gasteiger partial charge < -0.3 is 24.0 Å². The summed E-state index contributed by atoms with van der Waals surface area (Å²) in [6.45, 7) is -1.05. The zero-order valence-corrected chi connectivity index (χ0v) is 24.7. The maximum absolute atomic E-state index is 13.2. The Labute approximate surface area is 250 Å². The number of nitrogens with zero attached hydrogens (tertiary/aromatic N) is 3. The highest BCUT2D eigenvalue weighted by Crippen LogP contribution is 2.39. The third kappa shape index (κ3) is 7.80. The van der Waals surface area contributed by atoms with Crippen molar-refractivity contribution in [1.29, 1.82) is 0 Å². The normalized spacial score (nSPS) is 20.6. The summed E-state index contributed by atoms with van der Waals surface area (Å²) in [7, 11) is 1.81. The molecule has 0 radical (unpaired) electrons. The number of pyridine rings is 1. The molecule has 2 aliphatic carbocycles. The van der Waals surface area contributed by atoms with E-state index in [-0.39, 0.29) is 48.4 Å². The van der Waals surface area contributed by atoms with E-state index in [1.165, 1.54) is 24.3 Å². The van der Waals surface area contributed by atoms with Crippen molar-refractivity contribution in [3.8, 4) is 11.5 Å². The lowest BCUT2D eigenvalue weighted by molar-refractivity contribution is -0.154. The summed E-state index contributed by atoms with van der Waals surface area (Å²) in [5.74, 6) is -0.656. The van der Waals surface area contributed by atoms with Gasteiger partial charge in [0.2, 0.25) is 5.91 Å². The highest BCUT2D eigenvalue weighted by molar-refractivity contribution is 5.92. The lowest BCUT2D eigenvalue weighted by Gasteiger charge is -2.31. The van der Waals surface area contributed by atoms with Gasteiger partial charge in [0, 0.05) is 32.5 Å². The summed E-state index contributed by atoms with van der Waals surface area (Å²) in [6.07, 6.45) is 7.76. The number of esters is 1. The first-order chi connectivity index (χ1) is 20.7. The lowest BCUT2D eigenvalue weighted by Crippen LogP contribution is -2.40. The molecule has 3 aliphatic rings. The van der Waals surface area contributed by atoms with Crippen molar-refractivity contribution in [2.45, 2.75) is 89.5 Å². The average Bonchev–Trinajstić information content (AvgIpc) is 3.73. The van der Waals surface area contributed by atoms with E-state index in [4.69, 9.17) is 9.47 Å². The van der Waals surface area contributed by atoms with Crippen LogP contribution in [0, 0.1) is 5.92 Å². The SMILES string of the molecule is CC(=O)N1CC(c2ccc(OC(F)F)c(OCC3CC3)c2)C[C@@H]1C(=O)OCc1cccc(C(=O)N(C)C2CCCCC2)n1. The van der Waals surface area contributed by atoms with Gasteiger partial charge in [-0.15, -0.1) is 0 Å². The zero-order chi connectivity index (χ0) is 30.5. The van der Waals surface area contributed by atoms with Crippen molar-refractivity contribution in [3.63, 3.8) is 0 Å². The molecule has 1 aromatic carbocycles. The number of carbonyl (C=O) groups excluding carboxylic acids is 3. The average molecular weight is 600 g/mol. The largest absolute Gasteiger partial charge is 0.489 e. The molecule has 11 heteroatoms. The van der Waals surface area contributed by atoms with Crippen LogP contribution in [0.3, 0.4) is 0 Å². The zero-order valence-electron chi connectivity index (χ0n) is 24.7. The molecular weight excluding hydrogens is 560 g/mol. The number of hydrogen-bond donors (Lipinski definition) is 0. The molecule has 232 valence electrons. The number of likely N-dealkylation sites (tertiary alicyclic amines) is 1. The van der Waals surface area contributed by atoms with Crippen LogP contribution in [0.5, 0.6) is 11.5 Å². The second-order valence-electron chi connectivity index (χ2n) is 11.8. The van der Waals surface area contributed by atoms with Crippen LogP contribution >= 0.6 is 0 Å². The van der Waals surface area contributed by atoms with Gasteiger partial charge in [0.15, 0.2) is 11.5 Å². The molecule has 0 spiro atoms. The first kappa shape index (κ1) is 30.7. The van der Waals surface area contributed by atoms with Crippen LogP contribution in [0.15, 0.2) is 36.4 Å². The Hall–Kier alpha value is -3.76. The van der Waals surface area contributed by atoms with Crippen LogP contribution in [0.1, 0.15) is 86.0 Å². The maximum atomic E-state index is 13.2. The Morgan fingerprint density at radius 1 is 1.05 bits per heavy atom. The summed E-state index contributed by atoms with van der Waals surface area (Å²) in [5.41, 5.74) is 1.49. The van der Waals surface area contributed by atoms with E-state index in [0.29, 0.717) is 30.3 Å². The van der Waals surface area contributed by atoms with E-state index in [2.05, 4.69) is 9.72 Å². The molecule has 43 heavy (non-hydrogen) atoms. The van der Waals surface area contributed by atoms with Crippen LogP contribution < -0.4 is 9.47 Å². The van der Waals surface area contributed by atoms with Gasteiger partial charge in [-0.2, -0.15) is 8.78 Å². The Morgan fingerprint density at radius 3 is 2.51 bits per heavy atom. The molecule has 2 heterocycles. The number of ether oxygens (including phenoxy) is 3. The van der Waals surface area contributed by atoms with Gasteiger partial charge in [-0.3, -0.25) is 9.59 Å². The highest BCUT2D eigenvalue weighted by atomic mass is 19.3. The van der Waals surface area contributed by atoms with Gasteiger partial charge in [-0.05, 0) is 67.9 Å². The Morgan fingerprint density at radius 2 is 1.81 bits per heavy atom. The van der Waals surface area contributed by atoms with E-state index in [1.807, 2.05) is 0 Å². The summed E-state index contributed by atoms with van der Waals surface area (Å²) < 4.78 is 42.0. The second-order valence-corrected chi connectivity index (χ2v) is 11.8. The topological polar surface area (TPSA) is 98.3 Å². The van der Waals surface area contributed by atoms with Gasteiger partial charge in [-0.25, -0.2) is 9.78 Å². The molecule has 2 aromatic rings. The third-order valence-corrected chi connectivity index (χ3v) is 8.64. The van der Waals surface area contributed by atoms with Crippen LogP contribution in [0.4, 0.5) is 8.78 Å². The lowest BCUT2D eigenvalue weighted by atomic mass is 9.94. The monoisotopic (exact) mass is 599 g/mol. The summed E-state index contributed by atoms with van der Waals surface area (Å²) in [6, 6.07) is 9.21. The summed E-state index contributed by atoms with van der Waals surface area (Å²) >= 11 is 0. The van der Waals surface area contributed by atoms with Crippen LogP contribution in [-0.4, -0.2) is 71.5 Å². The molecule has 1 unspecified atom stereocenters. The number of amides is 2. The van der Waals surface area contributed by atoms with Gasteiger partial charge in [0.05, 0.1) is 12.3 Å². The van der Waals surface area contributed by atoms with Gasteiger partial charge in [0.1, 0.15) is 18.3 Å². The standard InChI is InChI=1S/C32H39F2N3O6/c1-20(38)37-17-23(22-13-14-28(43-32(33)34)29(16-22)41-18-21-11-12-21)15-27(37)31(40)42-19-24-7-6-10-26(35-24)30(39)36(2)25-8-4-3-5-9-25/h6-7,10,13-14,16,21,23,25,27,32H,3-5,8-9,11-12,15,17-19H2,1-2H3/t23?,27-/m1/s1. The first-order valence-electron chi connectivity index (χ1n) is 15.1. The molecule has 1 saturated heterocycles. The van der Waals surface area contributed by atoms with Crippen molar-refractivity contribution in [3.05, 3.63) is 53.3 Å². The molecule has 0 bridgehead atoms. The minimum Gasteiger partial charge on any atom is -0.489 e. The van der Waals surface area contributed by atoms with E-state index in [9.17, 15) is 23.2 Å². The van der Waals surface area contributed by atoms with Crippen LogP contribution in [0.25, 0.3) is 0 Å². The number of alkyl halides is 2. The molecule has 5 rings (SSSR count). The van der Waals surface area contributed by atoms with E-state index in [1.54, 1.807) is 42.3 Å². The van der Waals surface area contributed by atoms with Crippen molar-refractivity contribution in [1.82, 2.24) is 14.8 Å². The highest BCUT2D eigenvalue weighted by Gasteiger charge is 2.40. The van der Waals surface area contributed by atoms with E-state index >= 15 is 0 Å². The second kappa shape index (κ2) is 13.7. The fourth-order valence-corrected chi connectivity index (χ4v) is 5.96. The Bertz CT molecular complexity index is 1310. The fraction of sp³-hybridized carbons (Fsp3) is 0.562. The fourth-order valence-electron chi connectivity index (χ4n) is 5.96.